The van der Waals surface area contributed by atoms with E-state index in [0.717, 1.165) is 16.6 Å². The summed E-state index contributed by atoms with van der Waals surface area (Å²) >= 11 is 0. The van der Waals surface area contributed by atoms with Gasteiger partial charge >= 0.3 is 0 Å². The minimum Gasteiger partial charge on any atom is -0.397 e. The number of aryl methyl sites for hydroxylation is 1. The van der Waals surface area contributed by atoms with Crippen molar-refractivity contribution in [3.05, 3.63) is 47.9 Å². The van der Waals surface area contributed by atoms with E-state index >= 15 is 0 Å². The highest BCUT2D eigenvalue weighted by molar-refractivity contribution is 6.06. The molecule has 2 N–H and O–H groups in total. The van der Waals surface area contributed by atoms with E-state index in [0.29, 0.717) is 11.4 Å². The molecular weight excluding hydrogens is 240 g/mol. The van der Waals surface area contributed by atoms with Gasteiger partial charge in [0.15, 0.2) is 0 Å². The van der Waals surface area contributed by atoms with E-state index in [1.54, 1.807) is 28.6 Å². The molecule has 0 atom stereocenters. The molecule has 96 valence electrons. The van der Waals surface area contributed by atoms with Gasteiger partial charge in [-0.25, -0.2) is 0 Å². The van der Waals surface area contributed by atoms with Crippen LogP contribution in [0.2, 0.25) is 0 Å². The van der Waals surface area contributed by atoms with Gasteiger partial charge in [-0.1, -0.05) is 18.2 Å². The van der Waals surface area contributed by atoms with Gasteiger partial charge in [-0.3, -0.25) is 14.0 Å². The molecule has 19 heavy (non-hydrogen) atoms. The van der Waals surface area contributed by atoms with Gasteiger partial charge in [-0.2, -0.15) is 5.10 Å². The van der Waals surface area contributed by atoms with Crippen LogP contribution in [0.15, 0.2) is 36.5 Å². The van der Waals surface area contributed by atoms with Crippen molar-refractivity contribution in [2.24, 2.45) is 7.05 Å². The van der Waals surface area contributed by atoms with Crippen LogP contribution >= 0.6 is 0 Å². The number of hydrogen-bond donors (Lipinski definition) is 1. The first kappa shape index (κ1) is 11.5. The summed E-state index contributed by atoms with van der Waals surface area (Å²) in [6.45, 7) is 1.85. The highest BCUT2D eigenvalue weighted by atomic mass is 16.2. The van der Waals surface area contributed by atoms with Crippen molar-refractivity contribution in [1.82, 2.24) is 14.3 Å². The molecule has 3 rings (SSSR count). The van der Waals surface area contributed by atoms with Crippen molar-refractivity contribution in [3.8, 4) is 0 Å². The Labute approximate surface area is 110 Å². The average Bonchev–Trinajstić information content (AvgIpc) is 2.94. The average molecular weight is 254 g/mol. The number of para-hydroxylation sites is 1. The molecule has 5 heteroatoms. The normalized spacial score (nSPS) is 11.1. The summed E-state index contributed by atoms with van der Waals surface area (Å²) in [5, 5.41) is 4.93. The van der Waals surface area contributed by atoms with E-state index < -0.39 is 0 Å². The molecule has 0 amide bonds. The maximum absolute atomic E-state index is 12.6. The molecule has 5 nitrogen and oxygen atoms in total. The van der Waals surface area contributed by atoms with Gasteiger partial charge in [0.2, 0.25) is 0 Å². The second-order valence-corrected chi connectivity index (χ2v) is 4.50. The Morgan fingerprint density at radius 1 is 1.26 bits per heavy atom. The Morgan fingerprint density at radius 3 is 2.68 bits per heavy atom. The second kappa shape index (κ2) is 3.98. The number of rotatable bonds is 1. The number of carbonyl (C=O) groups is 1. The zero-order valence-corrected chi connectivity index (χ0v) is 10.8. The SMILES string of the molecule is Cc1c(N)c2ccccc2n1C(=O)c1ccnn1C. The molecule has 0 aliphatic heterocycles. The summed E-state index contributed by atoms with van der Waals surface area (Å²) in [7, 11) is 1.75. The van der Waals surface area contributed by atoms with Gasteiger partial charge < -0.3 is 5.73 Å². The second-order valence-electron chi connectivity index (χ2n) is 4.50. The predicted molar refractivity (Wildman–Crippen MR) is 74.0 cm³/mol. The van der Waals surface area contributed by atoms with Crippen LogP contribution in [0.25, 0.3) is 10.9 Å². The first-order chi connectivity index (χ1) is 9.11. The number of carbonyl (C=O) groups excluding carboxylic acids is 1. The topological polar surface area (TPSA) is 65.8 Å². The van der Waals surface area contributed by atoms with Gasteiger partial charge in [0, 0.05) is 24.3 Å². The van der Waals surface area contributed by atoms with Crippen LogP contribution in [0.1, 0.15) is 16.2 Å². The van der Waals surface area contributed by atoms with Crippen LogP contribution in [0, 0.1) is 6.92 Å². The first-order valence-electron chi connectivity index (χ1n) is 5.99. The Balaban J connectivity index is 2.29. The number of hydrogen-bond acceptors (Lipinski definition) is 3. The molecule has 0 spiro atoms. The Morgan fingerprint density at radius 2 is 2.00 bits per heavy atom. The molecule has 0 aliphatic rings. The van der Waals surface area contributed by atoms with Gasteiger partial charge in [0.1, 0.15) is 5.69 Å². The minimum atomic E-state index is -0.120. The molecule has 0 aliphatic carbocycles. The quantitative estimate of drug-likeness (QED) is 0.721. The third-order valence-electron chi connectivity index (χ3n) is 3.40. The molecule has 1 aromatic carbocycles. The first-order valence-corrected chi connectivity index (χ1v) is 5.99. The largest absolute Gasteiger partial charge is 0.397 e. The number of nitrogens with zero attached hydrogens (tertiary/aromatic N) is 3. The number of nitrogens with two attached hydrogens (primary N) is 1. The highest BCUT2D eigenvalue weighted by Crippen LogP contribution is 2.28. The Bertz CT molecular complexity index is 782. The van der Waals surface area contributed by atoms with Gasteiger partial charge in [0.25, 0.3) is 5.91 Å². The van der Waals surface area contributed by atoms with Crippen LogP contribution in [0.5, 0.6) is 0 Å². The number of anilines is 1. The van der Waals surface area contributed by atoms with Crippen LogP contribution in [0.4, 0.5) is 5.69 Å². The molecule has 0 saturated carbocycles. The molecule has 0 unspecified atom stereocenters. The monoisotopic (exact) mass is 254 g/mol. The Hall–Kier alpha value is -2.56. The fraction of sp³-hybridized carbons (Fsp3) is 0.143. The number of aromatic nitrogens is 3. The summed E-state index contributed by atoms with van der Waals surface area (Å²) in [5.41, 5.74) is 8.83. The molecule has 2 aromatic heterocycles. The molecule has 0 saturated heterocycles. The van der Waals surface area contributed by atoms with Crippen LogP contribution in [-0.2, 0) is 7.05 Å². The standard InChI is InChI=1S/C14H14N4O/c1-9-13(15)10-5-3-4-6-11(10)18(9)14(19)12-7-8-16-17(12)2/h3-8H,15H2,1-2H3. The van der Waals surface area contributed by atoms with Gasteiger partial charge in [-0.15, -0.1) is 0 Å². The molecular formula is C14H14N4O. The van der Waals surface area contributed by atoms with Crippen LogP contribution in [0.3, 0.4) is 0 Å². The summed E-state index contributed by atoms with van der Waals surface area (Å²) in [6, 6.07) is 9.33. The van der Waals surface area contributed by atoms with E-state index in [2.05, 4.69) is 5.10 Å². The lowest BCUT2D eigenvalue weighted by molar-refractivity contribution is 0.0954. The predicted octanol–water partition coefficient (Wildman–Crippen LogP) is 1.95. The summed E-state index contributed by atoms with van der Waals surface area (Å²) < 4.78 is 3.20. The third-order valence-corrected chi connectivity index (χ3v) is 3.40. The van der Waals surface area contributed by atoms with Crippen molar-refractivity contribution in [2.45, 2.75) is 6.92 Å². The minimum absolute atomic E-state index is 0.120. The number of fused-ring (bicyclic) bond motifs is 1. The van der Waals surface area contributed by atoms with E-state index in [1.165, 1.54) is 0 Å². The fourth-order valence-corrected chi connectivity index (χ4v) is 2.35. The zero-order chi connectivity index (χ0) is 13.6. The highest BCUT2D eigenvalue weighted by Gasteiger charge is 2.19. The number of benzene rings is 1. The van der Waals surface area contributed by atoms with E-state index in [9.17, 15) is 4.79 Å². The van der Waals surface area contributed by atoms with Crippen molar-refractivity contribution < 1.29 is 4.79 Å². The fourth-order valence-electron chi connectivity index (χ4n) is 2.35. The molecule has 2 heterocycles. The zero-order valence-electron chi connectivity index (χ0n) is 10.8. The van der Waals surface area contributed by atoms with Crippen molar-refractivity contribution in [1.29, 1.82) is 0 Å². The maximum Gasteiger partial charge on any atom is 0.280 e. The molecule has 3 aromatic rings. The van der Waals surface area contributed by atoms with E-state index in [4.69, 9.17) is 5.73 Å². The van der Waals surface area contributed by atoms with Gasteiger partial charge in [0.05, 0.1) is 11.2 Å². The lowest BCUT2D eigenvalue weighted by Crippen LogP contribution is -2.17. The lowest BCUT2D eigenvalue weighted by Gasteiger charge is -2.06. The van der Waals surface area contributed by atoms with Crippen LogP contribution < -0.4 is 5.73 Å². The van der Waals surface area contributed by atoms with E-state index in [1.807, 2.05) is 31.2 Å². The summed E-state index contributed by atoms with van der Waals surface area (Å²) in [4.78, 5) is 12.6. The van der Waals surface area contributed by atoms with Crippen molar-refractivity contribution in [2.75, 3.05) is 5.73 Å². The maximum atomic E-state index is 12.6. The third kappa shape index (κ3) is 1.55. The van der Waals surface area contributed by atoms with Gasteiger partial charge in [-0.05, 0) is 19.1 Å². The van der Waals surface area contributed by atoms with E-state index in [-0.39, 0.29) is 5.91 Å². The van der Waals surface area contributed by atoms with Crippen LogP contribution in [-0.4, -0.2) is 20.3 Å². The summed E-state index contributed by atoms with van der Waals surface area (Å²) in [5.74, 6) is -0.120. The molecule has 0 bridgehead atoms. The lowest BCUT2D eigenvalue weighted by atomic mass is 10.2. The molecule has 0 radical (unpaired) electrons. The van der Waals surface area contributed by atoms with Crippen molar-refractivity contribution >= 4 is 22.5 Å². The smallest absolute Gasteiger partial charge is 0.280 e. The number of nitrogen functional groups attached to an aromatic ring is 1. The van der Waals surface area contributed by atoms with Crippen molar-refractivity contribution in [3.63, 3.8) is 0 Å². The Kier molecular flexibility index (Phi) is 2.41. The molecule has 0 fully saturated rings. The summed E-state index contributed by atoms with van der Waals surface area (Å²) in [6.07, 6.45) is 1.61.